The predicted octanol–water partition coefficient (Wildman–Crippen LogP) is 3.30. The summed E-state index contributed by atoms with van der Waals surface area (Å²) in [6, 6.07) is 21.1. The topological polar surface area (TPSA) is 107 Å². The Bertz CT molecular complexity index is 1070. The van der Waals surface area contributed by atoms with Crippen molar-refractivity contribution in [2.75, 3.05) is 47.0 Å². The van der Waals surface area contributed by atoms with Gasteiger partial charge in [0.25, 0.3) is 5.91 Å². The Morgan fingerprint density at radius 3 is 1.78 bits per heavy atom. The number of ether oxygens (including phenoxy) is 5. The minimum Gasteiger partial charge on any atom is -0.493 e. The van der Waals surface area contributed by atoms with Gasteiger partial charge in [-0.05, 0) is 17.7 Å². The molecule has 1 fully saturated rings. The molecule has 0 radical (unpaired) electrons. The van der Waals surface area contributed by atoms with E-state index < -0.39 is 6.10 Å². The first-order chi connectivity index (χ1) is 17.5. The van der Waals surface area contributed by atoms with Gasteiger partial charge in [0, 0.05) is 19.2 Å². The molecule has 194 valence electrons. The first-order valence-electron chi connectivity index (χ1n) is 11.1. The lowest BCUT2D eigenvalue weighted by Gasteiger charge is -2.35. The number of rotatable bonds is 8. The molecule has 0 saturated carbocycles. The number of methoxy groups -OCH3 is 4. The molecule has 0 spiro atoms. The first kappa shape index (κ1) is 28.3. The molecule has 1 unspecified atom stereocenters. The third kappa shape index (κ3) is 7.03. The number of benzene rings is 3. The van der Waals surface area contributed by atoms with Gasteiger partial charge in [-0.3, -0.25) is 4.79 Å². The van der Waals surface area contributed by atoms with Gasteiger partial charge in [-0.25, -0.2) is 0 Å². The Kier molecular flexibility index (Phi) is 11.4. The molecule has 1 heterocycles. The van der Waals surface area contributed by atoms with Crippen LogP contribution < -0.4 is 28.6 Å². The van der Waals surface area contributed by atoms with E-state index >= 15 is 0 Å². The zero-order valence-corrected chi connectivity index (χ0v) is 21.1. The number of aliphatic hydroxyl groups excluding tert-OH is 2. The van der Waals surface area contributed by atoms with E-state index in [-0.39, 0.29) is 12.5 Å². The van der Waals surface area contributed by atoms with Crippen LogP contribution in [0.3, 0.4) is 0 Å². The fraction of sp³-hybridized carbons (Fsp3) is 0.296. The van der Waals surface area contributed by atoms with Crippen LogP contribution in [-0.4, -0.2) is 64.3 Å². The standard InChI is InChI=1S/C14H14O2.C12H15NO5.CH4O/c1-15-13-9-5-6-10-14(13)16-11-12-7-3-2-4-8-12;1-16-9-4-7(13-6-8(14)12(13)15)5-10(17-2)11(9)18-3;1-2/h2-10H,11H2,1H3;4-5,8,14H,6H2,1-3H3;2H,1H3. The summed E-state index contributed by atoms with van der Waals surface area (Å²) in [4.78, 5) is 12.9. The van der Waals surface area contributed by atoms with Crippen LogP contribution in [0, 0.1) is 0 Å². The number of para-hydroxylation sites is 2. The van der Waals surface area contributed by atoms with Crippen LogP contribution in [0.4, 0.5) is 5.69 Å². The molecule has 1 aliphatic heterocycles. The number of β-lactam (4-membered cyclic amide) rings is 1. The number of anilines is 1. The number of carbonyl (C=O) groups excluding carboxylic acids is 1. The van der Waals surface area contributed by atoms with E-state index in [0.29, 0.717) is 29.5 Å². The maximum absolute atomic E-state index is 11.5. The second-order valence-corrected chi connectivity index (χ2v) is 7.27. The van der Waals surface area contributed by atoms with Crippen molar-refractivity contribution in [3.05, 3.63) is 72.3 Å². The minimum atomic E-state index is -0.913. The largest absolute Gasteiger partial charge is 0.493 e. The van der Waals surface area contributed by atoms with Crippen molar-refractivity contribution in [2.45, 2.75) is 12.7 Å². The van der Waals surface area contributed by atoms with Gasteiger partial charge in [0.2, 0.25) is 5.75 Å². The predicted molar refractivity (Wildman–Crippen MR) is 136 cm³/mol. The zero-order valence-electron chi connectivity index (χ0n) is 21.1. The number of carbonyl (C=O) groups is 1. The molecule has 2 N–H and O–H groups in total. The highest BCUT2D eigenvalue weighted by Crippen LogP contribution is 2.42. The number of nitrogens with zero attached hydrogens (tertiary/aromatic N) is 1. The van der Waals surface area contributed by atoms with E-state index in [0.717, 1.165) is 24.2 Å². The molecular weight excluding hydrogens is 466 g/mol. The first-order valence-corrected chi connectivity index (χ1v) is 11.1. The van der Waals surface area contributed by atoms with Gasteiger partial charge in [0.1, 0.15) is 6.61 Å². The molecule has 9 heteroatoms. The lowest BCUT2D eigenvalue weighted by Crippen LogP contribution is -2.56. The summed E-state index contributed by atoms with van der Waals surface area (Å²) in [5.74, 6) is 2.62. The number of β-amino-alcohol motifs (C(OH)–C–C–N with tert-alkyl or cyclic N) is 1. The fourth-order valence-corrected chi connectivity index (χ4v) is 3.34. The molecule has 0 bridgehead atoms. The molecule has 0 aromatic heterocycles. The normalized spacial score (nSPS) is 13.7. The van der Waals surface area contributed by atoms with E-state index in [9.17, 15) is 9.90 Å². The molecule has 1 saturated heterocycles. The van der Waals surface area contributed by atoms with Gasteiger partial charge in [-0.15, -0.1) is 0 Å². The maximum atomic E-state index is 11.5. The van der Waals surface area contributed by atoms with Gasteiger partial charge in [0.15, 0.2) is 29.1 Å². The Hall–Kier alpha value is -3.95. The number of hydrogen-bond acceptors (Lipinski definition) is 8. The van der Waals surface area contributed by atoms with Crippen LogP contribution >= 0.6 is 0 Å². The number of hydrogen-bond donors (Lipinski definition) is 2. The quantitative estimate of drug-likeness (QED) is 0.455. The van der Waals surface area contributed by atoms with Crippen LogP contribution in [0.2, 0.25) is 0 Å². The van der Waals surface area contributed by atoms with Crippen molar-refractivity contribution in [3.63, 3.8) is 0 Å². The second kappa shape index (κ2) is 14.4. The molecule has 1 aliphatic rings. The molecular formula is C27H33NO8. The van der Waals surface area contributed by atoms with Crippen LogP contribution in [0.1, 0.15) is 5.56 Å². The second-order valence-electron chi connectivity index (χ2n) is 7.27. The average molecular weight is 500 g/mol. The summed E-state index contributed by atoms with van der Waals surface area (Å²) < 4.78 is 26.5. The fourth-order valence-electron chi connectivity index (χ4n) is 3.34. The summed E-state index contributed by atoms with van der Waals surface area (Å²) in [6.07, 6.45) is -0.913. The monoisotopic (exact) mass is 499 g/mol. The van der Waals surface area contributed by atoms with Gasteiger partial charge in [0.05, 0.1) is 40.7 Å². The lowest BCUT2D eigenvalue weighted by atomic mass is 10.1. The number of aliphatic hydroxyl groups is 2. The highest BCUT2D eigenvalue weighted by molar-refractivity contribution is 6.03. The SMILES string of the molecule is CO.COc1cc(N2CC(O)C2=O)cc(OC)c1OC.COc1ccccc1OCc1ccccc1. The third-order valence-corrected chi connectivity index (χ3v) is 5.17. The Morgan fingerprint density at radius 1 is 0.778 bits per heavy atom. The van der Waals surface area contributed by atoms with Gasteiger partial charge < -0.3 is 38.8 Å². The summed E-state index contributed by atoms with van der Waals surface area (Å²) in [6.45, 7) is 0.832. The van der Waals surface area contributed by atoms with Crippen molar-refractivity contribution in [3.8, 4) is 28.7 Å². The van der Waals surface area contributed by atoms with Crippen molar-refractivity contribution >= 4 is 11.6 Å². The highest BCUT2D eigenvalue weighted by Gasteiger charge is 2.36. The van der Waals surface area contributed by atoms with E-state index in [1.54, 1.807) is 19.2 Å². The lowest BCUT2D eigenvalue weighted by molar-refractivity contribution is -0.132. The van der Waals surface area contributed by atoms with Crippen LogP contribution in [0.15, 0.2) is 66.7 Å². The van der Waals surface area contributed by atoms with E-state index in [1.165, 1.54) is 26.2 Å². The maximum Gasteiger partial charge on any atom is 0.257 e. The molecule has 3 aromatic carbocycles. The molecule has 36 heavy (non-hydrogen) atoms. The van der Waals surface area contributed by atoms with Gasteiger partial charge in [-0.1, -0.05) is 42.5 Å². The summed E-state index contributed by atoms with van der Waals surface area (Å²) in [5.41, 5.74) is 1.76. The molecule has 4 rings (SSSR count). The molecule has 3 aromatic rings. The van der Waals surface area contributed by atoms with E-state index in [2.05, 4.69) is 0 Å². The smallest absolute Gasteiger partial charge is 0.257 e. The van der Waals surface area contributed by atoms with E-state index in [1.807, 2.05) is 54.6 Å². The summed E-state index contributed by atoms with van der Waals surface area (Å²) >= 11 is 0. The van der Waals surface area contributed by atoms with Gasteiger partial charge in [-0.2, -0.15) is 0 Å². The molecule has 9 nitrogen and oxygen atoms in total. The van der Waals surface area contributed by atoms with Crippen molar-refractivity contribution < 1.29 is 38.7 Å². The third-order valence-electron chi connectivity index (χ3n) is 5.17. The van der Waals surface area contributed by atoms with Crippen molar-refractivity contribution in [1.29, 1.82) is 0 Å². The van der Waals surface area contributed by atoms with Crippen LogP contribution in [0.25, 0.3) is 0 Å². The summed E-state index contributed by atoms with van der Waals surface area (Å²) in [5, 5.41) is 16.2. The average Bonchev–Trinajstić information content (AvgIpc) is 2.95. The van der Waals surface area contributed by atoms with Crippen molar-refractivity contribution in [1.82, 2.24) is 0 Å². The van der Waals surface area contributed by atoms with Crippen molar-refractivity contribution in [2.24, 2.45) is 0 Å². The number of amides is 1. The van der Waals surface area contributed by atoms with Crippen LogP contribution in [0.5, 0.6) is 28.7 Å². The molecule has 1 amide bonds. The Labute approximate surface area is 211 Å². The summed E-state index contributed by atoms with van der Waals surface area (Å²) in [7, 11) is 7.17. The molecule has 1 atom stereocenters. The Balaban J connectivity index is 0.000000239. The zero-order chi connectivity index (χ0) is 26.5. The van der Waals surface area contributed by atoms with Crippen LogP contribution in [-0.2, 0) is 11.4 Å². The van der Waals surface area contributed by atoms with Gasteiger partial charge >= 0.3 is 0 Å². The highest BCUT2D eigenvalue weighted by atomic mass is 16.5. The minimum absolute atomic E-state index is 0.275. The van der Waals surface area contributed by atoms with E-state index in [4.69, 9.17) is 28.8 Å². The molecule has 0 aliphatic carbocycles. The Morgan fingerprint density at radius 2 is 1.31 bits per heavy atom.